The molecule has 2 aromatic carbocycles. The fourth-order valence-corrected chi connectivity index (χ4v) is 7.12. The second-order valence-corrected chi connectivity index (χ2v) is 12.7. The van der Waals surface area contributed by atoms with E-state index in [1.54, 1.807) is 30.3 Å². The monoisotopic (exact) mass is 655 g/mol. The van der Waals surface area contributed by atoms with E-state index in [1.807, 2.05) is 12.1 Å². The standard InChI is InChI=1S/C36H41N5O7/c42-25-5-3-24(4-6-25)9-10-37-29-23-28-30-26(33(43)40(35(28)45)13-1-11-38-15-19-47-20-16-38)7-8-27-31(30)32(29)36(46)41(34(27)44)14-2-12-39-17-21-48-22-18-39/h3-8,23,42,44H,1-2,9-22H2. The number of morpholine rings is 2. The van der Waals surface area contributed by atoms with Crippen LogP contribution in [0, 0.1) is 0 Å². The molecule has 0 atom stereocenters. The number of phenols is 1. The average Bonchev–Trinajstić information content (AvgIpc) is 3.11. The molecule has 12 nitrogen and oxygen atoms in total. The maximum atomic E-state index is 14.3. The number of rotatable bonds is 11. The molecule has 0 saturated carbocycles. The molecule has 0 spiro atoms. The Balaban J connectivity index is 1.33. The van der Waals surface area contributed by atoms with Crippen molar-refractivity contribution in [1.29, 1.82) is 0 Å². The number of aromatic hydroxyl groups is 2. The van der Waals surface area contributed by atoms with Crippen molar-refractivity contribution in [3.63, 3.8) is 0 Å². The Morgan fingerprint density at radius 1 is 0.667 bits per heavy atom. The van der Waals surface area contributed by atoms with Crippen LogP contribution in [0.2, 0.25) is 0 Å². The highest BCUT2D eigenvalue weighted by molar-refractivity contribution is 6.15. The summed E-state index contributed by atoms with van der Waals surface area (Å²) in [5.41, 5.74) is 0.442. The molecular weight excluding hydrogens is 614 g/mol. The molecule has 0 bridgehead atoms. The highest BCUT2D eigenvalue weighted by Gasteiger charge is 2.27. The van der Waals surface area contributed by atoms with E-state index in [1.165, 1.54) is 9.13 Å². The van der Waals surface area contributed by atoms with Crippen LogP contribution in [0.3, 0.4) is 0 Å². The number of ether oxygens (including phenoxy) is 2. The van der Waals surface area contributed by atoms with Crippen molar-refractivity contribution in [2.75, 3.05) is 72.2 Å². The van der Waals surface area contributed by atoms with Crippen molar-refractivity contribution >= 4 is 21.5 Å². The van der Waals surface area contributed by atoms with Gasteiger partial charge in [0.05, 0.1) is 42.7 Å². The van der Waals surface area contributed by atoms with Gasteiger partial charge in [-0.05, 0) is 55.2 Å². The SMILES string of the molecule is O=c1c2c(=NCCc3ccc(O)cc3)cc3c(=O)n(CCCN4CCOCC4)c(=O)c4ccc(c(O)n1CCCN1CCOCC1)c2c4-3. The summed E-state index contributed by atoms with van der Waals surface area (Å²) in [5.74, 6) is -0.00365. The lowest BCUT2D eigenvalue weighted by atomic mass is 9.90. The second-order valence-electron chi connectivity index (χ2n) is 12.7. The number of pyridine rings is 2. The Bertz CT molecular complexity index is 2100. The molecule has 12 heteroatoms. The van der Waals surface area contributed by atoms with Crippen LogP contribution in [0.25, 0.3) is 32.7 Å². The first-order valence-corrected chi connectivity index (χ1v) is 16.8. The summed E-state index contributed by atoms with van der Waals surface area (Å²) in [5, 5.41) is 23.0. The van der Waals surface area contributed by atoms with Crippen LogP contribution in [0.1, 0.15) is 18.4 Å². The van der Waals surface area contributed by atoms with E-state index in [9.17, 15) is 24.6 Å². The molecule has 0 unspecified atom stereocenters. The van der Waals surface area contributed by atoms with E-state index in [4.69, 9.17) is 14.5 Å². The lowest BCUT2D eigenvalue weighted by Gasteiger charge is -2.26. The van der Waals surface area contributed by atoms with E-state index in [0.29, 0.717) is 96.8 Å². The normalized spacial score (nSPS) is 17.0. The summed E-state index contributed by atoms with van der Waals surface area (Å²) < 4.78 is 13.6. The van der Waals surface area contributed by atoms with Crippen molar-refractivity contribution in [3.05, 3.63) is 84.4 Å². The number of hydrogen-bond donors (Lipinski definition) is 2. The first kappa shape index (κ1) is 32.2. The molecule has 2 N–H and O–H groups in total. The van der Waals surface area contributed by atoms with Gasteiger partial charge >= 0.3 is 0 Å². The van der Waals surface area contributed by atoms with Crippen molar-refractivity contribution in [3.8, 4) is 22.8 Å². The lowest BCUT2D eigenvalue weighted by molar-refractivity contribution is 0.0368. The zero-order valence-electron chi connectivity index (χ0n) is 27.0. The second kappa shape index (κ2) is 14.0. The Morgan fingerprint density at radius 2 is 1.27 bits per heavy atom. The number of phenolic OH excluding ortho intramolecular Hbond substituents is 1. The lowest BCUT2D eigenvalue weighted by Crippen LogP contribution is -2.39. The van der Waals surface area contributed by atoms with Gasteiger partial charge in [0.1, 0.15) is 5.75 Å². The highest BCUT2D eigenvalue weighted by Crippen LogP contribution is 2.36. The maximum Gasteiger partial charge on any atom is 0.263 e. The summed E-state index contributed by atoms with van der Waals surface area (Å²) in [7, 11) is 0. The summed E-state index contributed by atoms with van der Waals surface area (Å²) in [4.78, 5) is 51.5. The molecule has 2 fully saturated rings. The highest BCUT2D eigenvalue weighted by atomic mass is 16.5. The van der Waals surface area contributed by atoms with E-state index >= 15 is 0 Å². The van der Waals surface area contributed by atoms with Crippen LogP contribution in [0.4, 0.5) is 0 Å². The van der Waals surface area contributed by atoms with Gasteiger partial charge in [-0.15, -0.1) is 0 Å². The first-order valence-electron chi connectivity index (χ1n) is 16.8. The number of benzene rings is 3. The number of aromatic nitrogens is 2. The molecule has 48 heavy (non-hydrogen) atoms. The van der Waals surface area contributed by atoms with Gasteiger partial charge in [-0.3, -0.25) is 38.3 Å². The van der Waals surface area contributed by atoms with Crippen LogP contribution in [0.5, 0.6) is 11.6 Å². The zero-order chi connectivity index (χ0) is 33.2. The van der Waals surface area contributed by atoms with Crippen molar-refractivity contribution in [2.45, 2.75) is 32.4 Å². The largest absolute Gasteiger partial charge is 0.508 e. The molecule has 0 amide bonds. The van der Waals surface area contributed by atoms with E-state index in [0.717, 1.165) is 44.8 Å². The molecule has 1 aliphatic carbocycles. The molecule has 3 aromatic rings. The van der Waals surface area contributed by atoms with Gasteiger partial charge in [0.25, 0.3) is 16.7 Å². The Kier molecular flexibility index (Phi) is 9.40. The number of hydrogen-bond acceptors (Lipinski definition) is 10. The van der Waals surface area contributed by atoms with Gasteiger partial charge in [-0.1, -0.05) is 12.1 Å². The van der Waals surface area contributed by atoms with Gasteiger partial charge in [0, 0.05) is 80.6 Å². The summed E-state index contributed by atoms with van der Waals surface area (Å²) in [6.07, 6.45) is 1.82. The Labute approximate surface area is 276 Å². The molecular formula is C36H41N5O7. The molecule has 7 rings (SSSR count). The number of nitrogens with zero attached hydrogens (tertiary/aromatic N) is 5. The smallest absolute Gasteiger partial charge is 0.263 e. The molecule has 252 valence electrons. The quantitative estimate of drug-likeness (QED) is 0.204. The van der Waals surface area contributed by atoms with Crippen LogP contribution in [-0.4, -0.2) is 101 Å². The summed E-state index contributed by atoms with van der Waals surface area (Å²) in [6.45, 7) is 8.40. The van der Waals surface area contributed by atoms with E-state index < -0.39 is 16.7 Å². The minimum Gasteiger partial charge on any atom is -0.508 e. The minimum absolute atomic E-state index is 0.176. The fraction of sp³-hybridized carbons (Fsp3) is 0.444. The Morgan fingerprint density at radius 3 is 1.92 bits per heavy atom. The van der Waals surface area contributed by atoms with Gasteiger partial charge in [-0.25, -0.2) is 0 Å². The van der Waals surface area contributed by atoms with Gasteiger partial charge in [-0.2, -0.15) is 0 Å². The van der Waals surface area contributed by atoms with Crippen LogP contribution in [0.15, 0.2) is 61.8 Å². The van der Waals surface area contributed by atoms with E-state index in [-0.39, 0.29) is 18.2 Å². The minimum atomic E-state index is -0.423. The van der Waals surface area contributed by atoms with Gasteiger partial charge in [0.15, 0.2) is 0 Å². The first-order chi connectivity index (χ1) is 23.4. The predicted molar refractivity (Wildman–Crippen MR) is 183 cm³/mol. The summed E-state index contributed by atoms with van der Waals surface area (Å²) >= 11 is 0. The average molecular weight is 656 g/mol. The van der Waals surface area contributed by atoms with Crippen LogP contribution >= 0.6 is 0 Å². The predicted octanol–water partition coefficient (Wildman–Crippen LogP) is 1.66. The topological polar surface area (TPSA) is 139 Å². The molecule has 4 heterocycles. The molecule has 2 saturated heterocycles. The maximum absolute atomic E-state index is 14.3. The van der Waals surface area contributed by atoms with Crippen molar-refractivity contribution < 1.29 is 19.7 Å². The van der Waals surface area contributed by atoms with Crippen LogP contribution in [-0.2, 0) is 29.0 Å². The zero-order valence-corrected chi connectivity index (χ0v) is 27.0. The molecule has 0 radical (unpaired) electrons. The third-order valence-corrected chi connectivity index (χ3v) is 9.71. The van der Waals surface area contributed by atoms with Gasteiger partial charge in [0.2, 0.25) is 5.88 Å². The van der Waals surface area contributed by atoms with Crippen LogP contribution < -0.4 is 22.0 Å². The van der Waals surface area contributed by atoms with Crippen molar-refractivity contribution in [1.82, 2.24) is 18.9 Å². The Hall–Kier alpha value is -4.36. The third-order valence-electron chi connectivity index (χ3n) is 9.71. The molecule has 1 aromatic heterocycles. The van der Waals surface area contributed by atoms with Crippen molar-refractivity contribution in [2.24, 2.45) is 4.99 Å². The van der Waals surface area contributed by atoms with Gasteiger partial charge < -0.3 is 19.7 Å². The summed E-state index contributed by atoms with van der Waals surface area (Å²) in [6, 6.07) is 11.9. The molecule has 3 aliphatic heterocycles. The third kappa shape index (κ3) is 6.28. The molecule has 4 aliphatic rings. The fourth-order valence-electron chi connectivity index (χ4n) is 7.12. The van der Waals surface area contributed by atoms with E-state index in [2.05, 4.69) is 9.80 Å².